The van der Waals surface area contributed by atoms with Gasteiger partial charge >= 0.3 is 0 Å². The summed E-state index contributed by atoms with van der Waals surface area (Å²) in [4.78, 5) is 5.60. The highest BCUT2D eigenvalue weighted by Gasteiger charge is 2.20. The van der Waals surface area contributed by atoms with E-state index in [0.29, 0.717) is 6.04 Å². The van der Waals surface area contributed by atoms with Crippen molar-refractivity contribution in [2.45, 2.75) is 32.7 Å². The predicted molar refractivity (Wildman–Crippen MR) is 66.8 cm³/mol. The van der Waals surface area contributed by atoms with Crippen molar-refractivity contribution in [3.05, 3.63) is 16.1 Å². The zero-order valence-electron chi connectivity index (χ0n) is 10.0. The second-order valence-corrected chi connectivity index (χ2v) is 5.38. The molecule has 1 aromatic rings. The lowest BCUT2D eigenvalue weighted by atomic mass is 10.2. The summed E-state index contributed by atoms with van der Waals surface area (Å²) in [6.07, 6.45) is 2.73. The Morgan fingerprint density at radius 1 is 1.62 bits per heavy atom. The van der Waals surface area contributed by atoms with Gasteiger partial charge in [0.05, 0.1) is 17.8 Å². The van der Waals surface area contributed by atoms with Crippen LogP contribution in [0.1, 0.15) is 36.4 Å². The number of nitrogens with one attached hydrogen (secondary N) is 1. The van der Waals surface area contributed by atoms with Crippen LogP contribution in [-0.2, 0) is 4.74 Å². The molecule has 0 bridgehead atoms. The standard InChI is InChI=1S/C12H20N2OS/c1-9(12-10(2)14-8-16-12)13-5-6-15-7-11-3-4-11/h8-9,11,13H,3-7H2,1-2H3. The zero-order valence-corrected chi connectivity index (χ0v) is 10.8. The number of thiazole rings is 1. The first-order valence-electron chi connectivity index (χ1n) is 5.98. The third-order valence-corrected chi connectivity index (χ3v) is 4.04. The number of rotatable bonds is 7. The lowest BCUT2D eigenvalue weighted by Gasteiger charge is -2.12. The van der Waals surface area contributed by atoms with Crippen LogP contribution in [0, 0.1) is 12.8 Å². The van der Waals surface area contributed by atoms with Gasteiger partial charge in [0.25, 0.3) is 0 Å². The van der Waals surface area contributed by atoms with E-state index in [4.69, 9.17) is 4.74 Å². The molecule has 0 saturated heterocycles. The van der Waals surface area contributed by atoms with Gasteiger partial charge in [-0.3, -0.25) is 0 Å². The molecule has 1 unspecified atom stereocenters. The van der Waals surface area contributed by atoms with Gasteiger partial charge in [-0.1, -0.05) is 0 Å². The maximum Gasteiger partial charge on any atom is 0.0798 e. The molecule has 0 radical (unpaired) electrons. The summed E-state index contributed by atoms with van der Waals surface area (Å²) in [5.74, 6) is 0.862. The fourth-order valence-corrected chi connectivity index (χ4v) is 2.54. The van der Waals surface area contributed by atoms with E-state index in [0.717, 1.165) is 31.4 Å². The van der Waals surface area contributed by atoms with Crippen LogP contribution in [0.15, 0.2) is 5.51 Å². The molecule has 1 aliphatic carbocycles. The number of aryl methyl sites for hydroxylation is 1. The molecule has 0 spiro atoms. The zero-order chi connectivity index (χ0) is 11.4. The van der Waals surface area contributed by atoms with Crippen LogP contribution in [0.4, 0.5) is 0 Å². The van der Waals surface area contributed by atoms with Crippen LogP contribution in [0.2, 0.25) is 0 Å². The SMILES string of the molecule is Cc1ncsc1C(C)NCCOCC1CC1. The molecular weight excluding hydrogens is 220 g/mol. The molecule has 1 heterocycles. The van der Waals surface area contributed by atoms with Crippen LogP contribution in [-0.4, -0.2) is 24.7 Å². The van der Waals surface area contributed by atoms with Crippen LogP contribution in [0.3, 0.4) is 0 Å². The minimum absolute atomic E-state index is 0.386. The fourth-order valence-electron chi connectivity index (χ4n) is 1.70. The van der Waals surface area contributed by atoms with E-state index in [-0.39, 0.29) is 0 Å². The van der Waals surface area contributed by atoms with Gasteiger partial charge < -0.3 is 10.1 Å². The van der Waals surface area contributed by atoms with Crippen molar-refractivity contribution in [1.29, 1.82) is 0 Å². The minimum atomic E-state index is 0.386. The Morgan fingerprint density at radius 3 is 3.06 bits per heavy atom. The molecule has 1 aromatic heterocycles. The highest BCUT2D eigenvalue weighted by Crippen LogP contribution is 2.28. The topological polar surface area (TPSA) is 34.2 Å². The Hall–Kier alpha value is -0.450. The average Bonchev–Trinajstić information content (AvgIpc) is 2.99. The maximum absolute atomic E-state index is 5.58. The summed E-state index contributed by atoms with van der Waals surface area (Å²) >= 11 is 1.72. The van der Waals surface area contributed by atoms with Gasteiger partial charge in [0.1, 0.15) is 0 Å². The van der Waals surface area contributed by atoms with Crippen molar-refractivity contribution in [3.8, 4) is 0 Å². The van der Waals surface area contributed by atoms with Crippen LogP contribution < -0.4 is 5.32 Å². The lowest BCUT2D eigenvalue weighted by molar-refractivity contribution is 0.124. The summed E-state index contributed by atoms with van der Waals surface area (Å²) in [6.45, 7) is 6.94. The molecule has 90 valence electrons. The molecular formula is C12H20N2OS. The van der Waals surface area contributed by atoms with E-state index in [1.165, 1.54) is 17.7 Å². The van der Waals surface area contributed by atoms with Crippen molar-refractivity contribution in [2.75, 3.05) is 19.8 Å². The normalized spacial score (nSPS) is 17.6. The number of ether oxygens (including phenoxy) is 1. The van der Waals surface area contributed by atoms with Gasteiger partial charge in [0.15, 0.2) is 0 Å². The van der Waals surface area contributed by atoms with E-state index >= 15 is 0 Å². The second kappa shape index (κ2) is 5.75. The van der Waals surface area contributed by atoms with Crippen LogP contribution in [0.25, 0.3) is 0 Å². The molecule has 1 atom stereocenters. The predicted octanol–water partition coefficient (Wildman–Crippen LogP) is 2.53. The molecule has 0 aliphatic heterocycles. The van der Waals surface area contributed by atoms with Gasteiger partial charge in [0.2, 0.25) is 0 Å². The van der Waals surface area contributed by atoms with E-state index in [1.807, 2.05) is 5.51 Å². The number of hydrogen-bond donors (Lipinski definition) is 1. The first kappa shape index (κ1) is 12.0. The number of hydrogen-bond acceptors (Lipinski definition) is 4. The summed E-state index contributed by atoms with van der Waals surface area (Å²) in [5.41, 5.74) is 3.05. The summed E-state index contributed by atoms with van der Waals surface area (Å²) in [5, 5.41) is 3.47. The van der Waals surface area contributed by atoms with Gasteiger partial charge in [-0.2, -0.15) is 0 Å². The van der Waals surface area contributed by atoms with Crippen molar-refractivity contribution >= 4 is 11.3 Å². The Balaban J connectivity index is 1.59. The third-order valence-electron chi connectivity index (χ3n) is 2.92. The minimum Gasteiger partial charge on any atom is -0.380 e. The third kappa shape index (κ3) is 3.54. The molecule has 0 amide bonds. The molecule has 3 nitrogen and oxygen atoms in total. The Kier molecular flexibility index (Phi) is 4.32. The Labute approximate surface area is 101 Å². The maximum atomic E-state index is 5.58. The number of nitrogens with zero attached hydrogens (tertiary/aromatic N) is 1. The quantitative estimate of drug-likeness (QED) is 0.744. The molecule has 1 saturated carbocycles. The number of aromatic nitrogens is 1. The van der Waals surface area contributed by atoms with Crippen molar-refractivity contribution in [1.82, 2.24) is 10.3 Å². The Bertz CT molecular complexity index is 323. The van der Waals surface area contributed by atoms with E-state index in [1.54, 1.807) is 11.3 Å². The average molecular weight is 240 g/mol. The van der Waals surface area contributed by atoms with Crippen LogP contribution >= 0.6 is 11.3 Å². The second-order valence-electron chi connectivity index (χ2n) is 4.50. The summed E-state index contributed by atoms with van der Waals surface area (Å²) in [7, 11) is 0. The van der Waals surface area contributed by atoms with Crippen molar-refractivity contribution in [3.63, 3.8) is 0 Å². The largest absolute Gasteiger partial charge is 0.380 e. The molecule has 2 rings (SSSR count). The molecule has 1 fully saturated rings. The molecule has 16 heavy (non-hydrogen) atoms. The van der Waals surface area contributed by atoms with E-state index in [9.17, 15) is 0 Å². The highest BCUT2D eigenvalue weighted by molar-refractivity contribution is 7.09. The van der Waals surface area contributed by atoms with Gasteiger partial charge in [0, 0.05) is 24.1 Å². The van der Waals surface area contributed by atoms with Crippen molar-refractivity contribution < 1.29 is 4.74 Å². The summed E-state index contributed by atoms with van der Waals surface area (Å²) in [6, 6.07) is 0.386. The smallest absolute Gasteiger partial charge is 0.0798 e. The molecule has 1 N–H and O–H groups in total. The first-order valence-corrected chi connectivity index (χ1v) is 6.86. The first-order chi connectivity index (χ1) is 7.77. The molecule has 0 aromatic carbocycles. The van der Waals surface area contributed by atoms with Gasteiger partial charge in [-0.25, -0.2) is 4.98 Å². The van der Waals surface area contributed by atoms with Crippen molar-refractivity contribution in [2.24, 2.45) is 5.92 Å². The lowest BCUT2D eigenvalue weighted by Crippen LogP contribution is -2.23. The van der Waals surface area contributed by atoms with Crippen LogP contribution in [0.5, 0.6) is 0 Å². The van der Waals surface area contributed by atoms with Gasteiger partial charge in [-0.05, 0) is 32.6 Å². The monoisotopic (exact) mass is 240 g/mol. The Morgan fingerprint density at radius 2 is 2.44 bits per heavy atom. The summed E-state index contributed by atoms with van der Waals surface area (Å²) < 4.78 is 5.58. The fraction of sp³-hybridized carbons (Fsp3) is 0.750. The van der Waals surface area contributed by atoms with E-state index < -0.39 is 0 Å². The highest BCUT2D eigenvalue weighted by atomic mass is 32.1. The van der Waals surface area contributed by atoms with E-state index in [2.05, 4.69) is 24.1 Å². The molecule has 4 heteroatoms. The molecule has 1 aliphatic rings. The van der Waals surface area contributed by atoms with Gasteiger partial charge in [-0.15, -0.1) is 11.3 Å².